The van der Waals surface area contributed by atoms with Crippen molar-refractivity contribution in [1.82, 2.24) is 24.9 Å². The average Bonchev–Trinajstić information content (AvgIpc) is 3.53. The first kappa shape index (κ1) is 19.0. The third-order valence-electron chi connectivity index (χ3n) is 5.66. The van der Waals surface area contributed by atoms with E-state index in [1.54, 1.807) is 12.3 Å². The van der Waals surface area contributed by atoms with E-state index in [1.165, 1.54) is 0 Å². The van der Waals surface area contributed by atoms with E-state index in [-0.39, 0.29) is 6.04 Å². The second kappa shape index (κ2) is 7.69. The summed E-state index contributed by atoms with van der Waals surface area (Å²) in [6, 6.07) is 15.5. The molecule has 1 aliphatic rings. The van der Waals surface area contributed by atoms with E-state index in [0.717, 1.165) is 53.7 Å². The van der Waals surface area contributed by atoms with Gasteiger partial charge in [0.05, 0.1) is 17.7 Å². The van der Waals surface area contributed by atoms with E-state index < -0.39 is 0 Å². The molecule has 0 radical (unpaired) electrons. The Hall–Kier alpha value is -3.99. The molecular formula is C23H21N7O. The minimum absolute atomic E-state index is 0.0616. The maximum absolute atomic E-state index is 9.15. The van der Waals surface area contributed by atoms with Crippen molar-refractivity contribution >= 4 is 5.95 Å². The van der Waals surface area contributed by atoms with Crippen LogP contribution in [0.1, 0.15) is 35.8 Å². The van der Waals surface area contributed by atoms with Crippen LogP contribution < -0.4 is 4.90 Å². The van der Waals surface area contributed by atoms with E-state index in [2.05, 4.69) is 31.3 Å². The second-order valence-corrected chi connectivity index (χ2v) is 7.73. The first-order chi connectivity index (χ1) is 15.1. The molecule has 1 saturated heterocycles. The highest BCUT2D eigenvalue weighted by atomic mass is 16.5. The smallest absolute Gasteiger partial charge is 0.227 e. The van der Waals surface area contributed by atoms with Crippen LogP contribution in [0.15, 0.2) is 53.2 Å². The number of hydrogen-bond acceptors (Lipinski definition) is 7. The summed E-state index contributed by atoms with van der Waals surface area (Å²) >= 11 is 0. The number of hydrogen-bond donors (Lipinski definition) is 0. The van der Waals surface area contributed by atoms with E-state index >= 15 is 0 Å². The molecule has 3 aromatic heterocycles. The molecule has 0 N–H and O–H groups in total. The summed E-state index contributed by atoms with van der Waals surface area (Å²) in [6.07, 6.45) is 3.78. The summed E-state index contributed by atoms with van der Waals surface area (Å²) in [4.78, 5) is 6.50. The number of rotatable bonds is 4. The van der Waals surface area contributed by atoms with Gasteiger partial charge in [-0.15, -0.1) is 10.2 Å². The maximum Gasteiger partial charge on any atom is 0.227 e. The highest BCUT2D eigenvalue weighted by Gasteiger charge is 2.32. The maximum atomic E-state index is 9.15. The predicted molar refractivity (Wildman–Crippen MR) is 115 cm³/mol. The molecule has 4 heterocycles. The molecule has 0 saturated carbocycles. The number of pyridine rings is 1. The van der Waals surface area contributed by atoms with Gasteiger partial charge >= 0.3 is 0 Å². The van der Waals surface area contributed by atoms with E-state index in [9.17, 15) is 0 Å². The van der Waals surface area contributed by atoms with Crippen LogP contribution in [0.2, 0.25) is 0 Å². The van der Waals surface area contributed by atoms with Crippen LogP contribution >= 0.6 is 0 Å². The summed E-state index contributed by atoms with van der Waals surface area (Å²) in [5.41, 5.74) is 4.23. The Morgan fingerprint density at radius 2 is 2.03 bits per heavy atom. The topological polar surface area (TPSA) is 96.7 Å². The molecular weight excluding hydrogens is 390 g/mol. The fourth-order valence-corrected chi connectivity index (χ4v) is 4.14. The van der Waals surface area contributed by atoms with Gasteiger partial charge in [0.25, 0.3) is 0 Å². The summed E-state index contributed by atoms with van der Waals surface area (Å²) in [5.74, 6) is 2.27. The quantitative estimate of drug-likeness (QED) is 0.500. The van der Waals surface area contributed by atoms with Crippen molar-refractivity contribution in [3.63, 3.8) is 0 Å². The van der Waals surface area contributed by atoms with Crippen molar-refractivity contribution in [3.05, 3.63) is 65.6 Å². The van der Waals surface area contributed by atoms with Crippen LogP contribution in [0.3, 0.4) is 0 Å². The Balaban J connectivity index is 1.45. The van der Waals surface area contributed by atoms with Gasteiger partial charge in [0.15, 0.2) is 11.6 Å². The van der Waals surface area contributed by atoms with Crippen molar-refractivity contribution in [2.45, 2.75) is 25.8 Å². The number of benzene rings is 1. The monoisotopic (exact) mass is 411 g/mol. The van der Waals surface area contributed by atoms with Crippen LogP contribution in [0, 0.1) is 18.3 Å². The molecule has 0 spiro atoms. The first-order valence-corrected chi connectivity index (χ1v) is 10.2. The number of anilines is 1. The molecule has 1 aliphatic heterocycles. The molecule has 0 unspecified atom stereocenters. The van der Waals surface area contributed by atoms with E-state index in [0.29, 0.717) is 11.3 Å². The average molecular weight is 411 g/mol. The fourth-order valence-electron chi connectivity index (χ4n) is 4.14. The highest BCUT2D eigenvalue weighted by molar-refractivity contribution is 5.61. The lowest BCUT2D eigenvalue weighted by Crippen LogP contribution is -2.25. The SMILES string of the molecule is Cc1cc(-c2nnc(N3CCC[C@@H]3c3cc(-c4cccc(C#N)c4)on3)n2C)ccn1. The molecule has 8 nitrogen and oxygen atoms in total. The molecule has 1 atom stereocenters. The summed E-state index contributed by atoms with van der Waals surface area (Å²) in [5, 5.41) is 22.4. The first-order valence-electron chi connectivity index (χ1n) is 10.2. The summed E-state index contributed by atoms with van der Waals surface area (Å²) < 4.78 is 7.65. The van der Waals surface area contributed by atoms with Crippen molar-refractivity contribution in [2.75, 3.05) is 11.4 Å². The van der Waals surface area contributed by atoms with E-state index in [4.69, 9.17) is 9.78 Å². The van der Waals surface area contributed by atoms with Crippen molar-refractivity contribution in [3.8, 4) is 28.8 Å². The molecule has 1 aromatic carbocycles. The Kier molecular flexibility index (Phi) is 4.71. The summed E-state index contributed by atoms with van der Waals surface area (Å²) in [6.45, 7) is 2.84. The lowest BCUT2D eigenvalue weighted by molar-refractivity contribution is 0.416. The highest BCUT2D eigenvalue weighted by Crippen LogP contribution is 2.37. The Morgan fingerprint density at radius 1 is 1.13 bits per heavy atom. The van der Waals surface area contributed by atoms with Crippen molar-refractivity contribution in [2.24, 2.45) is 7.05 Å². The van der Waals surface area contributed by atoms with Gasteiger partial charge in [-0.3, -0.25) is 9.55 Å². The van der Waals surface area contributed by atoms with Crippen LogP contribution in [-0.4, -0.2) is 31.4 Å². The van der Waals surface area contributed by atoms with Gasteiger partial charge < -0.3 is 9.42 Å². The zero-order valence-corrected chi connectivity index (χ0v) is 17.4. The Labute approximate surface area is 179 Å². The third-order valence-corrected chi connectivity index (χ3v) is 5.66. The standard InChI is InChI=1S/C23H21N7O/c1-15-11-18(8-9-25-15)22-26-27-23(29(22)2)30-10-4-7-20(30)19-13-21(31-28-19)17-6-3-5-16(12-17)14-24/h3,5-6,8-9,11-13,20H,4,7,10H2,1-2H3/t20-/m1/s1. The Bertz CT molecular complexity index is 1280. The van der Waals surface area contributed by atoms with Gasteiger partial charge in [0, 0.05) is 42.7 Å². The van der Waals surface area contributed by atoms with Crippen LogP contribution in [0.4, 0.5) is 5.95 Å². The van der Waals surface area contributed by atoms with Crippen molar-refractivity contribution < 1.29 is 4.52 Å². The van der Waals surface area contributed by atoms with Gasteiger partial charge in [-0.2, -0.15) is 5.26 Å². The van der Waals surface area contributed by atoms with Crippen LogP contribution in [0.5, 0.6) is 0 Å². The lowest BCUT2D eigenvalue weighted by atomic mass is 10.1. The molecule has 0 bridgehead atoms. The minimum atomic E-state index is 0.0616. The molecule has 154 valence electrons. The lowest BCUT2D eigenvalue weighted by Gasteiger charge is -2.23. The van der Waals surface area contributed by atoms with Gasteiger partial charge in [-0.05, 0) is 44.0 Å². The number of nitrogens with zero attached hydrogens (tertiary/aromatic N) is 7. The zero-order valence-electron chi connectivity index (χ0n) is 17.4. The molecule has 1 fully saturated rings. The molecule has 8 heteroatoms. The largest absolute Gasteiger partial charge is 0.356 e. The molecule has 31 heavy (non-hydrogen) atoms. The Morgan fingerprint density at radius 3 is 2.87 bits per heavy atom. The van der Waals surface area contributed by atoms with Gasteiger partial charge in [-0.25, -0.2) is 0 Å². The van der Waals surface area contributed by atoms with Crippen LogP contribution in [-0.2, 0) is 7.05 Å². The molecule has 4 aromatic rings. The van der Waals surface area contributed by atoms with Gasteiger partial charge in [0.2, 0.25) is 5.95 Å². The molecule has 5 rings (SSSR count). The number of aromatic nitrogens is 5. The van der Waals surface area contributed by atoms with Crippen LogP contribution in [0.25, 0.3) is 22.7 Å². The third kappa shape index (κ3) is 3.44. The minimum Gasteiger partial charge on any atom is -0.356 e. The summed E-state index contributed by atoms with van der Waals surface area (Å²) in [7, 11) is 1.98. The van der Waals surface area contributed by atoms with Gasteiger partial charge in [-0.1, -0.05) is 17.3 Å². The van der Waals surface area contributed by atoms with Gasteiger partial charge in [0.1, 0.15) is 5.69 Å². The number of aryl methyl sites for hydroxylation is 1. The molecule has 0 aliphatic carbocycles. The normalized spacial score (nSPS) is 15.9. The fraction of sp³-hybridized carbons (Fsp3) is 0.261. The zero-order chi connectivity index (χ0) is 21.4. The van der Waals surface area contributed by atoms with Crippen molar-refractivity contribution in [1.29, 1.82) is 5.26 Å². The number of nitriles is 1. The second-order valence-electron chi connectivity index (χ2n) is 7.73. The molecule has 0 amide bonds. The van der Waals surface area contributed by atoms with E-state index in [1.807, 2.05) is 54.9 Å². The predicted octanol–water partition coefficient (Wildman–Crippen LogP) is 4.05.